The Labute approximate surface area is 192 Å². The Morgan fingerprint density at radius 1 is 1.03 bits per heavy atom. The molecule has 33 heavy (non-hydrogen) atoms. The van der Waals surface area contributed by atoms with E-state index in [9.17, 15) is 18.0 Å². The SMILES string of the molecule is Cc1nc2nc(C(F)(F)F)nn2c(C)c1CCC(=O)NCC1(N2CCCCC2)CCCCC1. The Hall–Kier alpha value is -2.23. The number of nitrogens with one attached hydrogen (secondary N) is 1. The summed E-state index contributed by atoms with van der Waals surface area (Å²) in [6, 6.07) is 0. The molecule has 3 heterocycles. The molecule has 10 heteroatoms. The molecule has 2 aromatic rings. The Bertz CT molecular complexity index is 990. The standard InChI is InChI=1S/C23H33F3N6O/c1-16-18(17(2)32-21(28-16)29-20(30-32)23(24,25)26)9-10-19(33)27-15-22(11-5-3-6-12-22)31-13-7-4-8-14-31/h3-15H2,1-2H3,(H,27,33). The van der Waals surface area contributed by atoms with Gasteiger partial charge in [0.25, 0.3) is 11.6 Å². The first-order valence-corrected chi connectivity index (χ1v) is 12.0. The van der Waals surface area contributed by atoms with Gasteiger partial charge in [-0.2, -0.15) is 18.2 Å². The summed E-state index contributed by atoms with van der Waals surface area (Å²) >= 11 is 0. The minimum absolute atomic E-state index is 0.0366. The summed E-state index contributed by atoms with van der Waals surface area (Å²) in [5.41, 5.74) is 1.91. The maximum absolute atomic E-state index is 13.0. The van der Waals surface area contributed by atoms with E-state index in [2.05, 4.69) is 25.3 Å². The highest BCUT2D eigenvalue weighted by Crippen LogP contribution is 2.35. The predicted molar refractivity (Wildman–Crippen MR) is 118 cm³/mol. The molecule has 1 aliphatic carbocycles. The highest BCUT2D eigenvalue weighted by molar-refractivity contribution is 5.76. The second-order valence-corrected chi connectivity index (χ2v) is 9.52. The Balaban J connectivity index is 1.42. The number of likely N-dealkylation sites (tertiary alicyclic amines) is 1. The van der Waals surface area contributed by atoms with Crippen LogP contribution in [-0.2, 0) is 17.4 Å². The molecule has 2 aromatic heterocycles. The van der Waals surface area contributed by atoms with E-state index in [-0.39, 0.29) is 23.6 Å². The predicted octanol–water partition coefficient (Wildman–Crippen LogP) is 4.00. The second-order valence-electron chi connectivity index (χ2n) is 9.52. The number of alkyl halides is 3. The van der Waals surface area contributed by atoms with Crippen molar-refractivity contribution in [3.8, 4) is 0 Å². The largest absolute Gasteiger partial charge is 0.453 e. The summed E-state index contributed by atoms with van der Waals surface area (Å²) in [6.07, 6.45) is 5.67. The van der Waals surface area contributed by atoms with Crippen LogP contribution in [0.15, 0.2) is 0 Å². The van der Waals surface area contributed by atoms with Crippen molar-refractivity contribution in [3.63, 3.8) is 0 Å². The van der Waals surface area contributed by atoms with Gasteiger partial charge in [0.05, 0.1) is 0 Å². The van der Waals surface area contributed by atoms with Crippen molar-refractivity contribution in [2.24, 2.45) is 0 Å². The van der Waals surface area contributed by atoms with Gasteiger partial charge in [-0.05, 0) is 64.6 Å². The molecule has 0 aromatic carbocycles. The number of amides is 1. The van der Waals surface area contributed by atoms with E-state index in [0.29, 0.717) is 24.4 Å². The fourth-order valence-corrected chi connectivity index (χ4v) is 5.46. The van der Waals surface area contributed by atoms with Crippen molar-refractivity contribution in [3.05, 3.63) is 22.8 Å². The summed E-state index contributed by atoms with van der Waals surface area (Å²) in [7, 11) is 0. The molecular weight excluding hydrogens is 433 g/mol. The second kappa shape index (κ2) is 9.56. The molecule has 182 valence electrons. The lowest BCUT2D eigenvalue weighted by Gasteiger charge is -2.48. The Morgan fingerprint density at radius 2 is 1.70 bits per heavy atom. The van der Waals surface area contributed by atoms with Gasteiger partial charge in [0.1, 0.15) is 0 Å². The zero-order valence-corrected chi connectivity index (χ0v) is 19.5. The first kappa shape index (κ1) is 23.9. The van der Waals surface area contributed by atoms with E-state index in [1.807, 2.05) is 0 Å². The van der Waals surface area contributed by atoms with Crippen LogP contribution in [-0.4, -0.2) is 55.6 Å². The van der Waals surface area contributed by atoms with Crippen LogP contribution in [0.2, 0.25) is 0 Å². The third-order valence-electron chi connectivity index (χ3n) is 7.33. The van der Waals surface area contributed by atoms with Crippen LogP contribution in [0.4, 0.5) is 13.2 Å². The summed E-state index contributed by atoms with van der Waals surface area (Å²) in [6.45, 7) is 6.31. The van der Waals surface area contributed by atoms with E-state index < -0.39 is 12.0 Å². The number of aromatic nitrogens is 4. The van der Waals surface area contributed by atoms with Gasteiger partial charge >= 0.3 is 6.18 Å². The van der Waals surface area contributed by atoms with Crippen molar-refractivity contribution >= 4 is 11.7 Å². The molecular formula is C23H33F3N6O. The highest BCUT2D eigenvalue weighted by atomic mass is 19.4. The number of carbonyl (C=O) groups excluding carboxylic acids is 1. The van der Waals surface area contributed by atoms with E-state index in [4.69, 9.17) is 0 Å². The number of hydrogen-bond donors (Lipinski definition) is 1. The summed E-state index contributed by atoms with van der Waals surface area (Å²) in [5, 5.41) is 6.76. The fourth-order valence-electron chi connectivity index (χ4n) is 5.46. The highest BCUT2D eigenvalue weighted by Gasteiger charge is 2.39. The number of piperidine rings is 1. The van der Waals surface area contributed by atoms with E-state index >= 15 is 0 Å². The number of halogens is 3. The van der Waals surface area contributed by atoms with Crippen LogP contribution in [0.1, 0.15) is 80.6 Å². The molecule has 0 spiro atoms. The monoisotopic (exact) mass is 466 g/mol. The molecule has 1 saturated heterocycles. The van der Waals surface area contributed by atoms with Gasteiger partial charge in [-0.3, -0.25) is 9.69 Å². The third kappa shape index (κ3) is 5.15. The van der Waals surface area contributed by atoms with Gasteiger partial charge in [0, 0.05) is 29.9 Å². The number of aryl methyl sites for hydroxylation is 2. The van der Waals surface area contributed by atoms with Crippen molar-refractivity contribution < 1.29 is 18.0 Å². The van der Waals surface area contributed by atoms with Crippen LogP contribution in [0.3, 0.4) is 0 Å². The van der Waals surface area contributed by atoms with Crippen molar-refractivity contribution in [2.45, 2.75) is 89.8 Å². The molecule has 7 nitrogen and oxygen atoms in total. The Kier molecular flexibility index (Phi) is 6.93. The van der Waals surface area contributed by atoms with Crippen LogP contribution in [0, 0.1) is 13.8 Å². The summed E-state index contributed by atoms with van der Waals surface area (Å²) < 4.78 is 40.1. The molecule has 4 rings (SSSR count). The quantitative estimate of drug-likeness (QED) is 0.697. The number of fused-ring (bicyclic) bond motifs is 1. The van der Waals surface area contributed by atoms with Gasteiger partial charge in [0.15, 0.2) is 0 Å². The molecule has 1 amide bonds. The number of nitrogens with zero attached hydrogens (tertiary/aromatic N) is 5. The van der Waals surface area contributed by atoms with E-state index in [0.717, 1.165) is 36.0 Å². The first-order chi connectivity index (χ1) is 15.7. The first-order valence-electron chi connectivity index (χ1n) is 12.0. The lowest BCUT2D eigenvalue weighted by Crippen LogP contribution is -2.58. The zero-order valence-electron chi connectivity index (χ0n) is 19.5. The van der Waals surface area contributed by atoms with Crippen LogP contribution < -0.4 is 5.32 Å². The average Bonchev–Trinajstić information content (AvgIpc) is 3.24. The van der Waals surface area contributed by atoms with Gasteiger partial charge in [-0.25, -0.2) is 9.50 Å². The minimum atomic E-state index is -4.63. The lowest BCUT2D eigenvalue weighted by atomic mass is 9.79. The van der Waals surface area contributed by atoms with E-state index in [1.165, 1.54) is 38.5 Å². The number of hydrogen-bond acceptors (Lipinski definition) is 5. The van der Waals surface area contributed by atoms with Crippen LogP contribution >= 0.6 is 0 Å². The van der Waals surface area contributed by atoms with Gasteiger partial charge in [-0.1, -0.05) is 25.7 Å². The molecule has 1 saturated carbocycles. The molecule has 1 aliphatic heterocycles. The molecule has 1 N–H and O–H groups in total. The minimum Gasteiger partial charge on any atom is -0.354 e. The molecule has 2 fully saturated rings. The van der Waals surface area contributed by atoms with E-state index in [1.54, 1.807) is 13.8 Å². The smallest absolute Gasteiger partial charge is 0.354 e. The zero-order chi connectivity index (χ0) is 23.6. The molecule has 0 atom stereocenters. The van der Waals surface area contributed by atoms with Crippen molar-refractivity contribution in [1.29, 1.82) is 0 Å². The summed E-state index contributed by atoms with van der Waals surface area (Å²) in [4.78, 5) is 23.1. The van der Waals surface area contributed by atoms with Gasteiger partial charge in [-0.15, -0.1) is 5.10 Å². The molecule has 2 aliphatic rings. The molecule has 0 unspecified atom stereocenters. The normalized spacial score (nSPS) is 19.7. The Morgan fingerprint density at radius 3 is 2.36 bits per heavy atom. The number of rotatable bonds is 6. The fraction of sp³-hybridized carbons (Fsp3) is 0.739. The maximum atomic E-state index is 13.0. The summed E-state index contributed by atoms with van der Waals surface area (Å²) in [5.74, 6) is -1.32. The lowest BCUT2D eigenvalue weighted by molar-refractivity contribution is -0.144. The number of carbonyl (C=O) groups is 1. The van der Waals surface area contributed by atoms with Crippen LogP contribution in [0.25, 0.3) is 5.78 Å². The van der Waals surface area contributed by atoms with Crippen LogP contribution in [0.5, 0.6) is 0 Å². The van der Waals surface area contributed by atoms with Crippen molar-refractivity contribution in [2.75, 3.05) is 19.6 Å². The van der Waals surface area contributed by atoms with Crippen molar-refractivity contribution in [1.82, 2.24) is 29.8 Å². The molecule has 0 radical (unpaired) electrons. The van der Waals surface area contributed by atoms with Gasteiger partial charge < -0.3 is 5.32 Å². The average molecular weight is 467 g/mol. The topological polar surface area (TPSA) is 75.4 Å². The molecule has 0 bridgehead atoms. The van der Waals surface area contributed by atoms with Gasteiger partial charge in [0.2, 0.25) is 5.91 Å². The maximum Gasteiger partial charge on any atom is 0.453 e. The third-order valence-corrected chi connectivity index (χ3v) is 7.33.